The fraction of sp³-hybridized carbons (Fsp3) is 0.333. The molecule has 2 rings (SSSR count). The summed E-state index contributed by atoms with van der Waals surface area (Å²) in [7, 11) is 0. The number of nitrogens with one attached hydrogen (secondary N) is 1. The second-order valence-corrected chi connectivity index (χ2v) is 3.93. The van der Waals surface area contributed by atoms with Gasteiger partial charge in [0.1, 0.15) is 12.1 Å². The van der Waals surface area contributed by atoms with E-state index in [-0.39, 0.29) is 35.0 Å². The van der Waals surface area contributed by atoms with Gasteiger partial charge in [-0.1, -0.05) is 0 Å². The summed E-state index contributed by atoms with van der Waals surface area (Å²) in [6.07, 6.45) is 0.242. The van der Waals surface area contributed by atoms with Gasteiger partial charge < -0.3 is 4.98 Å². The molecule has 0 spiro atoms. The smallest absolute Gasteiger partial charge is 0.230 e. The SMILES string of the molecule is N#Cc1nc(N2CC(Cl)CC2=O)[nH]c1C#N. The number of nitrogens with zero attached hydrogens (tertiary/aromatic N) is 4. The Bertz CT molecular complexity index is 491. The number of aromatic nitrogens is 2. The van der Waals surface area contributed by atoms with E-state index in [1.165, 1.54) is 4.90 Å². The third kappa shape index (κ3) is 1.60. The largest absolute Gasteiger partial charge is 0.314 e. The van der Waals surface area contributed by atoms with Crippen LogP contribution < -0.4 is 4.90 Å². The van der Waals surface area contributed by atoms with Gasteiger partial charge in [0.25, 0.3) is 0 Å². The van der Waals surface area contributed by atoms with Crippen LogP contribution in [0.15, 0.2) is 0 Å². The van der Waals surface area contributed by atoms with Gasteiger partial charge in [0.05, 0.1) is 5.38 Å². The topological polar surface area (TPSA) is 96.6 Å². The van der Waals surface area contributed by atoms with Gasteiger partial charge in [-0.3, -0.25) is 9.69 Å². The molecule has 1 aliphatic rings. The fourth-order valence-corrected chi connectivity index (χ4v) is 1.79. The number of imidazole rings is 1. The molecule has 0 aliphatic carbocycles. The normalized spacial score (nSPS) is 19.6. The second kappa shape index (κ2) is 3.84. The third-order valence-corrected chi connectivity index (χ3v) is 2.53. The summed E-state index contributed by atoms with van der Waals surface area (Å²) in [5.74, 6) is 0.0454. The van der Waals surface area contributed by atoms with E-state index in [1.54, 1.807) is 12.1 Å². The van der Waals surface area contributed by atoms with E-state index in [2.05, 4.69) is 9.97 Å². The van der Waals surface area contributed by atoms with Crippen molar-refractivity contribution in [3.63, 3.8) is 0 Å². The second-order valence-electron chi connectivity index (χ2n) is 3.31. The van der Waals surface area contributed by atoms with Crippen molar-refractivity contribution in [2.45, 2.75) is 11.8 Å². The first-order valence-electron chi connectivity index (χ1n) is 4.50. The lowest BCUT2D eigenvalue weighted by atomic mass is 10.4. The minimum Gasteiger partial charge on any atom is -0.314 e. The number of alkyl halides is 1. The van der Waals surface area contributed by atoms with E-state index < -0.39 is 0 Å². The van der Waals surface area contributed by atoms with Crippen molar-refractivity contribution >= 4 is 23.5 Å². The molecular formula is C9H6ClN5O. The number of aromatic amines is 1. The summed E-state index contributed by atoms with van der Waals surface area (Å²) in [6, 6.07) is 3.59. The maximum absolute atomic E-state index is 11.5. The van der Waals surface area contributed by atoms with Crippen LogP contribution in [0.5, 0.6) is 0 Å². The molecule has 1 atom stereocenters. The van der Waals surface area contributed by atoms with Crippen LogP contribution >= 0.6 is 11.6 Å². The summed E-state index contributed by atoms with van der Waals surface area (Å²) >= 11 is 5.83. The van der Waals surface area contributed by atoms with Gasteiger partial charge in [0, 0.05) is 13.0 Å². The number of carbonyl (C=O) groups is 1. The van der Waals surface area contributed by atoms with Crippen molar-refractivity contribution in [1.82, 2.24) is 9.97 Å². The lowest BCUT2D eigenvalue weighted by Gasteiger charge is -2.10. The number of rotatable bonds is 1. The Morgan fingerprint density at radius 3 is 2.69 bits per heavy atom. The Labute approximate surface area is 96.1 Å². The molecule has 6 nitrogen and oxygen atoms in total. The van der Waals surface area contributed by atoms with Crippen LogP contribution in [0.1, 0.15) is 17.8 Å². The number of H-pyrrole nitrogens is 1. The average molecular weight is 236 g/mol. The Balaban J connectivity index is 2.36. The number of nitriles is 2. The molecule has 1 amide bonds. The maximum Gasteiger partial charge on any atom is 0.230 e. The van der Waals surface area contributed by atoms with Crippen LogP contribution in [0.3, 0.4) is 0 Å². The zero-order valence-electron chi connectivity index (χ0n) is 8.07. The predicted molar refractivity (Wildman–Crippen MR) is 54.6 cm³/mol. The average Bonchev–Trinajstić information content (AvgIpc) is 2.81. The first-order valence-corrected chi connectivity index (χ1v) is 4.94. The van der Waals surface area contributed by atoms with Crippen molar-refractivity contribution < 1.29 is 4.79 Å². The molecule has 1 fully saturated rings. The van der Waals surface area contributed by atoms with Crippen molar-refractivity contribution in [3.05, 3.63) is 11.4 Å². The van der Waals surface area contributed by atoms with Gasteiger partial charge >= 0.3 is 0 Å². The molecule has 16 heavy (non-hydrogen) atoms. The molecule has 1 aliphatic heterocycles. The lowest BCUT2D eigenvalue weighted by Crippen LogP contribution is -2.25. The molecule has 80 valence electrons. The summed E-state index contributed by atoms with van der Waals surface area (Å²) in [5, 5.41) is 17.2. The zero-order valence-corrected chi connectivity index (χ0v) is 8.82. The molecule has 1 aromatic heterocycles. The molecule has 1 N–H and O–H groups in total. The lowest BCUT2D eigenvalue weighted by molar-refractivity contribution is -0.117. The number of carbonyl (C=O) groups excluding carboxylic acids is 1. The van der Waals surface area contributed by atoms with Crippen LogP contribution in [0.4, 0.5) is 5.95 Å². The molecule has 1 aromatic rings. The van der Waals surface area contributed by atoms with E-state index in [9.17, 15) is 4.79 Å². The van der Waals surface area contributed by atoms with Gasteiger partial charge in [-0.25, -0.2) is 4.98 Å². The Morgan fingerprint density at radius 1 is 1.50 bits per heavy atom. The van der Waals surface area contributed by atoms with Gasteiger partial charge in [-0.15, -0.1) is 11.6 Å². The Kier molecular flexibility index (Phi) is 2.51. The quantitative estimate of drug-likeness (QED) is 0.717. The highest BCUT2D eigenvalue weighted by atomic mass is 35.5. The highest BCUT2D eigenvalue weighted by molar-refractivity contribution is 6.24. The molecule has 0 aromatic carbocycles. The van der Waals surface area contributed by atoms with Gasteiger partial charge in [-0.05, 0) is 0 Å². The zero-order chi connectivity index (χ0) is 11.7. The standard InChI is InChI=1S/C9H6ClN5O/c10-5-1-8(16)15(4-5)9-13-6(2-11)7(3-12)14-9/h5H,1,4H2,(H,13,14). The van der Waals surface area contributed by atoms with Crippen LogP contribution in [-0.4, -0.2) is 27.8 Å². The molecule has 2 heterocycles. The van der Waals surface area contributed by atoms with Crippen molar-refractivity contribution in [2.75, 3.05) is 11.4 Å². The fourth-order valence-electron chi connectivity index (χ4n) is 1.52. The first kappa shape index (κ1) is 10.5. The molecular weight excluding hydrogens is 230 g/mol. The molecule has 0 saturated carbocycles. The van der Waals surface area contributed by atoms with Crippen LogP contribution in [0.25, 0.3) is 0 Å². The third-order valence-electron chi connectivity index (χ3n) is 2.24. The maximum atomic E-state index is 11.5. The van der Waals surface area contributed by atoms with Gasteiger partial charge in [0.2, 0.25) is 11.9 Å². The minimum absolute atomic E-state index is 0.0108. The highest BCUT2D eigenvalue weighted by Gasteiger charge is 2.31. The van der Waals surface area contributed by atoms with Gasteiger partial charge in [0.15, 0.2) is 11.4 Å². The predicted octanol–water partition coefficient (Wildman–Crippen LogP) is 0.497. The molecule has 0 radical (unpaired) electrons. The molecule has 7 heteroatoms. The van der Waals surface area contributed by atoms with E-state index in [1.807, 2.05) is 0 Å². The Morgan fingerprint density at radius 2 is 2.25 bits per heavy atom. The van der Waals surface area contributed by atoms with Crippen molar-refractivity contribution in [2.24, 2.45) is 0 Å². The Hall–Kier alpha value is -2.05. The van der Waals surface area contributed by atoms with E-state index in [0.29, 0.717) is 6.54 Å². The van der Waals surface area contributed by atoms with Crippen molar-refractivity contribution in [1.29, 1.82) is 10.5 Å². The summed E-state index contributed by atoms with van der Waals surface area (Å²) in [5.41, 5.74) is 0.0478. The monoisotopic (exact) mass is 235 g/mol. The first-order chi connectivity index (χ1) is 7.65. The van der Waals surface area contributed by atoms with Crippen LogP contribution in [-0.2, 0) is 4.79 Å². The number of amides is 1. The minimum atomic E-state index is -0.256. The van der Waals surface area contributed by atoms with Gasteiger partial charge in [-0.2, -0.15) is 10.5 Å². The highest BCUT2D eigenvalue weighted by Crippen LogP contribution is 2.22. The van der Waals surface area contributed by atoms with E-state index >= 15 is 0 Å². The molecule has 1 unspecified atom stereocenters. The molecule has 0 bridgehead atoms. The van der Waals surface area contributed by atoms with E-state index in [0.717, 1.165) is 0 Å². The van der Waals surface area contributed by atoms with E-state index in [4.69, 9.17) is 22.1 Å². The van der Waals surface area contributed by atoms with Crippen LogP contribution in [0, 0.1) is 22.7 Å². The summed E-state index contributed by atoms with van der Waals surface area (Å²) in [6.45, 7) is 0.337. The summed E-state index contributed by atoms with van der Waals surface area (Å²) < 4.78 is 0. The number of anilines is 1. The summed E-state index contributed by atoms with van der Waals surface area (Å²) in [4.78, 5) is 19.3. The van der Waals surface area contributed by atoms with Crippen LogP contribution in [0.2, 0.25) is 0 Å². The van der Waals surface area contributed by atoms with Crippen molar-refractivity contribution in [3.8, 4) is 12.1 Å². The molecule has 1 saturated heterocycles. The number of hydrogen-bond donors (Lipinski definition) is 1. The number of halogens is 1. The number of hydrogen-bond acceptors (Lipinski definition) is 4.